The number of hydrogen-bond acceptors (Lipinski definition) is 4. The van der Waals surface area contributed by atoms with Crippen molar-refractivity contribution in [3.05, 3.63) is 53.6 Å². The lowest BCUT2D eigenvalue weighted by molar-refractivity contribution is 0.305. The third-order valence-electron chi connectivity index (χ3n) is 2.87. The molecule has 0 aliphatic carbocycles. The Kier molecular flexibility index (Phi) is 4.77. The molecular formula is C14H13BF2O4. The number of ether oxygens (including phenoxy) is 2. The molecular weight excluding hydrogens is 281 g/mol. The fourth-order valence-corrected chi connectivity index (χ4v) is 1.78. The lowest BCUT2D eigenvalue weighted by Crippen LogP contribution is -2.31. The minimum atomic E-state index is -1.74. The van der Waals surface area contributed by atoms with Crippen LogP contribution in [0.2, 0.25) is 0 Å². The first kappa shape index (κ1) is 15.3. The molecule has 2 rings (SSSR count). The molecule has 7 heteroatoms. The van der Waals surface area contributed by atoms with Gasteiger partial charge in [0.05, 0.1) is 7.11 Å². The van der Waals surface area contributed by atoms with Crippen molar-refractivity contribution in [3.8, 4) is 11.5 Å². The fraction of sp³-hybridized carbons (Fsp3) is 0.143. The molecule has 0 unspecified atom stereocenters. The molecule has 0 saturated heterocycles. The van der Waals surface area contributed by atoms with Crippen LogP contribution in [0.3, 0.4) is 0 Å². The Morgan fingerprint density at radius 1 is 1.05 bits per heavy atom. The number of rotatable bonds is 5. The van der Waals surface area contributed by atoms with Gasteiger partial charge in [-0.25, -0.2) is 8.78 Å². The van der Waals surface area contributed by atoms with Crippen LogP contribution in [0, 0.1) is 11.6 Å². The van der Waals surface area contributed by atoms with Crippen LogP contribution in [0.5, 0.6) is 11.5 Å². The topological polar surface area (TPSA) is 58.9 Å². The van der Waals surface area contributed by atoms with Gasteiger partial charge in [-0.3, -0.25) is 0 Å². The van der Waals surface area contributed by atoms with Crippen molar-refractivity contribution in [2.24, 2.45) is 0 Å². The van der Waals surface area contributed by atoms with Crippen molar-refractivity contribution >= 4 is 12.6 Å². The molecule has 4 nitrogen and oxygen atoms in total. The van der Waals surface area contributed by atoms with Gasteiger partial charge in [-0.1, -0.05) is 6.07 Å². The van der Waals surface area contributed by atoms with Crippen LogP contribution in [-0.2, 0) is 6.61 Å². The van der Waals surface area contributed by atoms with Gasteiger partial charge in [0, 0.05) is 5.46 Å². The maximum Gasteiger partial charge on any atom is 0.492 e. The van der Waals surface area contributed by atoms with Gasteiger partial charge < -0.3 is 19.5 Å². The molecule has 2 aromatic rings. The van der Waals surface area contributed by atoms with Gasteiger partial charge in [0.15, 0.2) is 11.6 Å². The third-order valence-corrected chi connectivity index (χ3v) is 2.87. The number of hydrogen-bond donors (Lipinski definition) is 2. The first-order valence-electron chi connectivity index (χ1n) is 6.12. The molecule has 0 spiro atoms. The zero-order valence-corrected chi connectivity index (χ0v) is 11.2. The van der Waals surface area contributed by atoms with Gasteiger partial charge in [-0.2, -0.15) is 0 Å². The van der Waals surface area contributed by atoms with Gasteiger partial charge in [0.1, 0.15) is 18.1 Å². The smallest absolute Gasteiger partial charge is 0.492 e. The first-order chi connectivity index (χ1) is 10.0. The van der Waals surface area contributed by atoms with Crippen molar-refractivity contribution in [2.75, 3.05) is 7.11 Å². The highest BCUT2D eigenvalue weighted by molar-refractivity contribution is 6.59. The molecule has 0 saturated carbocycles. The molecule has 0 heterocycles. The zero-order chi connectivity index (χ0) is 15.4. The lowest BCUT2D eigenvalue weighted by atomic mass is 9.79. The first-order valence-corrected chi connectivity index (χ1v) is 6.12. The average molecular weight is 294 g/mol. The molecule has 0 aromatic heterocycles. The third kappa shape index (κ3) is 3.71. The standard InChI is InChI=1S/C14H13BF2O4/c1-20-10-3-5-14(11(7-10)15(18)19)21-8-9-2-4-12(16)13(17)6-9/h2-7,18-19H,8H2,1H3. The average Bonchev–Trinajstić information content (AvgIpc) is 2.48. The summed E-state index contributed by atoms with van der Waals surface area (Å²) in [7, 11) is -0.287. The summed E-state index contributed by atoms with van der Waals surface area (Å²) >= 11 is 0. The summed E-state index contributed by atoms with van der Waals surface area (Å²) in [6.45, 7) is -0.0384. The van der Waals surface area contributed by atoms with Crippen LogP contribution < -0.4 is 14.9 Å². The second-order valence-corrected chi connectivity index (χ2v) is 4.31. The van der Waals surface area contributed by atoms with Crippen molar-refractivity contribution in [1.29, 1.82) is 0 Å². The molecule has 0 radical (unpaired) electrons. The second kappa shape index (κ2) is 6.56. The molecule has 0 amide bonds. The van der Waals surface area contributed by atoms with E-state index in [1.807, 2.05) is 0 Å². The highest BCUT2D eigenvalue weighted by Crippen LogP contribution is 2.17. The van der Waals surface area contributed by atoms with Gasteiger partial charge in [-0.15, -0.1) is 0 Å². The predicted molar refractivity (Wildman–Crippen MR) is 73.5 cm³/mol. The molecule has 0 fully saturated rings. The maximum atomic E-state index is 13.1. The van der Waals surface area contributed by atoms with Gasteiger partial charge in [0.25, 0.3) is 0 Å². The van der Waals surface area contributed by atoms with E-state index in [1.54, 1.807) is 6.07 Å². The van der Waals surface area contributed by atoms with E-state index in [-0.39, 0.29) is 17.8 Å². The Bertz CT molecular complexity index is 634. The molecule has 0 bridgehead atoms. The molecule has 0 aliphatic rings. The highest BCUT2D eigenvalue weighted by Gasteiger charge is 2.18. The van der Waals surface area contributed by atoms with E-state index in [1.165, 1.54) is 25.3 Å². The van der Waals surface area contributed by atoms with Crippen molar-refractivity contribution in [1.82, 2.24) is 0 Å². The highest BCUT2D eigenvalue weighted by atomic mass is 19.2. The van der Waals surface area contributed by atoms with Crippen LogP contribution in [0.4, 0.5) is 8.78 Å². The summed E-state index contributed by atoms with van der Waals surface area (Å²) in [5.41, 5.74) is 0.542. The van der Waals surface area contributed by atoms with Crippen molar-refractivity contribution < 1.29 is 28.3 Å². The summed E-state index contributed by atoms with van der Waals surface area (Å²) in [4.78, 5) is 0. The summed E-state index contributed by atoms with van der Waals surface area (Å²) in [6, 6.07) is 7.93. The second-order valence-electron chi connectivity index (χ2n) is 4.31. The summed E-state index contributed by atoms with van der Waals surface area (Å²) in [5, 5.41) is 18.6. The summed E-state index contributed by atoms with van der Waals surface area (Å²) < 4.78 is 36.3. The largest absolute Gasteiger partial charge is 0.497 e. The summed E-state index contributed by atoms with van der Waals surface area (Å²) in [6.07, 6.45) is 0. The molecule has 21 heavy (non-hydrogen) atoms. The van der Waals surface area contributed by atoms with E-state index in [9.17, 15) is 18.8 Å². The van der Waals surface area contributed by atoms with Crippen LogP contribution in [0.25, 0.3) is 0 Å². The molecule has 0 atom stereocenters. The van der Waals surface area contributed by atoms with Crippen LogP contribution in [-0.4, -0.2) is 24.3 Å². The molecule has 110 valence electrons. The van der Waals surface area contributed by atoms with Gasteiger partial charge >= 0.3 is 7.12 Å². The van der Waals surface area contributed by atoms with Crippen LogP contribution in [0.1, 0.15) is 5.56 Å². The fourth-order valence-electron chi connectivity index (χ4n) is 1.78. The van der Waals surface area contributed by atoms with E-state index >= 15 is 0 Å². The van der Waals surface area contributed by atoms with E-state index in [0.717, 1.165) is 12.1 Å². The van der Waals surface area contributed by atoms with E-state index < -0.39 is 18.8 Å². The van der Waals surface area contributed by atoms with Crippen LogP contribution >= 0.6 is 0 Å². The molecule has 2 N–H and O–H groups in total. The van der Waals surface area contributed by atoms with E-state index in [2.05, 4.69) is 0 Å². The quantitative estimate of drug-likeness (QED) is 0.814. The maximum absolute atomic E-state index is 13.1. The Morgan fingerprint density at radius 2 is 1.81 bits per heavy atom. The number of benzene rings is 2. The number of halogens is 2. The van der Waals surface area contributed by atoms with Gasteiger partial charge in [0.2, 0.25) is 0 Å². The summed E-state index contributed by atoms with van der Waals surface area (Å²) in [5.74, 6) is -1.24. The van der Waals surface area contributed by atoms with Crippen molar-refractivity contribution in [3.63, 3.8) is 0 Å². The minimum absolute atomic E-state index is 0.0384. The van der Waals surface area contributed by atoms with Gasteiger partial charge in [-0.05, 0) is 35.9 Å². The molecule has 0 aliphatic heterocycles. The Morgan fingerprint density at radius 3 is 2.43 bits per heavy atom. The predicted octanol–water partition coefficient (Wildman–Crippen LogP) is 1.23. The lowest BCUT2D eigenvalue weighted by Gasteiger charge is -2.12. The number of methoxy groups -OCH3 is 1. The Labute approximate surface area is 120 Å². The Hall–Kier alpha value is -2.12. The monoisotopic (exact) mass is 294 g/mol. The normalized spacial score (nSPS) is 10.3. The van der Waals surface area contributed by atoms with E-state index in [4.69, 9.17) is 9.47 Å². The zero-order valence-electron chi connectivity index (χ0n) is 11.2. The van der Waals surface area contributed by atoms with Crippen LogP contribution in [0.15, 0.2) is 36.4 Å². The SMILES string of the molecule is COc1ccc(OCc2ccc(F)c(F)c2)c(B(O)O)c1. The van der Waals surface area contributed by atoms with Crippen molar-refractivity contribution in [2.45, 2.75) is 6.61 Å². The van der Waals surface area contributed by atoms with E-state index in [0.29, 0.717) is 11.3 Å². The Balaban J connectivity index is 2.17. The minimum Gasteiger partial charge on any atom is -0.497 e. The molecule has 2 aromatic carbocycles.